The molecule has 0 bridgehead atoms. The third-order valence-corrected chi connectivity index (χ3v) is 4.68. The van der Waals surface area contributed by atoms with Crippen LogP contribution in [0.15, 0.2) is 72.5 Å². The van der Waals surface area contributed by atoms with E-state index in [1.807, 2.05) is 25.1 Å². The molecule has 1 aromatic carbocycles. The van der Waals surface area contributed by atoms with E-state index in [0.717, 1.165) is 16.8 Å². The number of nitrogens with one attached hydrogen (secondary N) is 1. The summed E-state index contributed by atoms with van der Waals surface area (Å²) >= 11 is 0. The van der Waals surface area contributed by atoms with E-state index >= 15 is 0 Å². The van der Waals surface area contributed by atoms with Crippen molar-refractivity contribution in [1.82, 2.24) is 20.1 Å². The lowest BCUT2D eigenvalue weighted by atomic mass is 10.0. The summed E-state index contributed by atoms with van der Waals surface area (Å²) in [7, 11) is 0. The fourth-order valence-electron chi connectivity index (χ4n) is 3.05. The van der Waals surface area contributed by atoms with E-state index in [0.29, 0.717) is 18.7 Å². The number of halogens is 3. The van der Waals surface area contributed by atoms with E-state index in [1.165, 1.54) is 6.33 Å². The number of hydrogen-bond acceptors (Lipinski definition) is 6. The number of allylic oxidation sites excluding steroid dienone is 3. The summed E-state index contributed by atoms with van der Waals surface area (Å²) < 4.78 is 40.4. The molecule has 1 aliphatic rings. The minimum Gasteiger partial charge on any atom is -0.350 e. The zero-order valence-corrected chi connectivity index (χ0v) is 16.8. The molecule has 0 fully saturated rings. The Morgan fingerprint density at radius 1 is 1.42 bits per heavy atom. The molecule has 31 heavy (non-hydrogen) atoms. The van der Waals surface area contributed by atoms with Crippen LogP contribution in [0.25, 0.3) is 5.70 Å². The van der Waals surface area contributed by atoms with Crippen LogP contribution in [-0.4, -0.2) is 44.1 Å². The molecule has 164 valence electrons. The van der Waals surface area contributed by atoms with E-state index in [1.54, 1.807) is 35.3 Å². The van der Waals surface area contributed by atoms with Crippen LogP contribution in [0, 0.1) is 0 Å². The molecule has 1 atom stereocenters. The molecule has 1 aliphatic heterocycles. The molecular formula is C21H22F3N5O2. The third-order valence-electron chi connectivity index (χ3n) is 4.68. The van der Waals surface area contributed by atoms with Crippen LogP contribution in [0.2, 0.25) is 0 Å². The molecule has 0 radical (unpaired) electrons. The van der Waals surface area contributed by atoms with E-state index < -0.39 is 18.4 Å². The summed E-state index contributed by atoms with van der Waals surface area (Å²) in [6, 6.07) is 6.90. The number of aromatic nitrogens is 3. The van der Waals surface area contributed by atoms with Gasteiger partial charge in [-0.3, -0.25) is 0 Å². The topological polar surface area (TPSA) is 84.6 Å². The molecule has 0 spiro atoms. The summed E-state index contributed by atoms with van der Waals surface area (Å²) in [6.45, 7) is 6.61. The van der Waals surface area contributed by atoms with E-state index in [9.17, 15) is 18.3 Å². The zero-order chi connectivity index (χ0) is 22.5. The highest BCUT2D eigenvalue weighted by atomic mass is 19.4. The van der Waals surface area contributed by atoms with Crippen LogP contribution in [-0.2, 0) is 11.4 Å². The first kappa shape index (κ1) is 22.4. The van der Waals surface area contributed by atoms with Crippen molar-refractivity contribution in [3.63, 3.8) is 0 Å². The first-order valence-electron chi connectivity index (χ1n) is 9.45. The Hall–Kier alpha value is -3.24. The maximum absolute atomic E-state index is 12.9. The van der Waals surface area contributed by atoms with Crippen molar-refractivity contribution >= 4 is 11.4 Å². The van der Waals surface area contributed by atoms with E-state index in [-0.39, 0.29) is 5.71 Å². The van der Waals surface area contributed by atoms with Gasteiger partial charge in [0.05, 0.1) is 17.8 Å². The van der Waals surface area contributed by atoms with Crippen LogP contribution < -0.4 is 5.32 Å². The molecule has 10 heteroatoms. The third kappa shape index (κ3) is 5.09. The lowest BCUT2D eigenvalue weighted by Gasteiger charge is -2.22. The van der Waals surface area contributed by atoms with Crippen molar-refractivity contribution in [2.24, 2.45) is 5.16 Å². The molecular weight excluding hydrogens is 411 g/mol. The van der Waals surface area contributed by atoms with Crippen LogP contribution >= 0.6 is 0 Å². The van der Waals surface area contributed by atoms with Gasteiger partial charge >= 0.3 is 12.0 Å². The average Bonchev–Trinajstić information content (AvgIpc) is 3.40. The monoisotopic (exact) mass is 433 g/mol. The standard InChI is InChI=1S/C21H22F3N5O2/c1-3-6-19(29-14-26-13-27-29)16(4-2)12-25-11-15-7-5-8-17(9-15)18-10-20(30,31-28-18)21(22,23)24/h3-9,13-14,25,30H,1,10-12H2,2H3/b16-4-,19-6+. The quantitative estimate of drug-likeness (QED) is 0.624. The Morgan fingerprint density at radius 2 is 2.23 bits per heavy atom. The highest BCUT2D eigenvalue weighted by Crippen LogP contribution is 2.38. The fourth-order valence-corrected chi connectivity index (χ4v) is 3.05. The van der Waals surface area contributed by atoms with Gasteiger partial charge in [0, 0.05) is 13.1 Å². The highest BCUT2D eigenvalue weighted by molar-refractivity contribution is 6.01. The number of benzene rings is 1. The number of nitrogens with zero attached hydrogens (tertiary/aromatic N) is 4. The second-order valence-electron chi connectivity index (χ2n) is 6.83. The van der Waals surface area contributed by atoms with Crippen molar-refractivity contribution in [3.8, 4) is 0 Å². The van der Waals surface area contributed by atoms with Crippen molar-refractivity contribution in [2.45, 2.75) is 31.9 Å². The Bertz CT molecular complexity index is 1010. The molecule has 0 saturated carbocycles. The second kappa shape index (κ2) is 9.27. The van der Waals surface area contributed by atoms with Gasteiger partial charge in [-0.15, -0.1) is 0 Å². The molecule has 2 aromatic rings. The second-order valence-corrected chi connectivity index (χ2v) is 6.83. The number of aliphatic hydroxyl groups is 1. The lowest BCUT2D eigenvalue weighted by Crippen LogP contribution is -2.45. The molecule has 0 aliphatic carbocycles. The molecule has 1 unspecified atom stereocenters. The number of rotatable bonds is 8. The summed E-state index contributed by atoms with van der Waals surface area (Å²) in [5, 5.41) is 20.5. The van der Waals surface area contributed by atoms with Gasteiger partial charge in [0.15, 0.2) is 0 Å². The molecule has 2 heterocycles. The normalized spacial score (nSPS) is 19.8. The predicted molar refractivity (Wildman–Crippen MR) is 110 cm³/mol. The van der Waals surface area contributed by atoms with Crippen LogP contribution in [0.3, 0.4) is 0 Å². The maximum atomic E-state index is 12.9. The minimum atomic E-state index is -4.93. The van der Waals surface area contributed by atoms with Gasteiger partial charge in [0.25, 0.3) is 0 Å². The Morgan fingerprint density at radius 3 is 2.84 bits per heavy atom. The molecule has 2 N–H and O–H groups in total. The number of alkyl halides is 3. The van der Waals surface area contributed by atoms with Gasteiger partial charge in [-0.2, -0.15) is 18.3 Å². The van der Waals surface area contributed by atoms with E-state index in [4.69, 9.17) is 0 Å². The van der Waals surface area contributed by atoms with Gasteiger partial charge in [0.1, 0.15) is 12.7 Å². The van der Waals surface area contributed by atoms with Crippen LogP contribution in [0.1, 0.15) is 24.5 Å². The molecule has 0 amide bonds. The SMILES string of the molecule is C=C/C=C(\C(=C/C)CNCc1cccc(C2=NOC(O)(C(F)(F)F)C2)c1)n1cncn1. The number of oxime groups is 1. The lowest BCUT2D eigenvalue weighted by molar-refractivity contribution is -0.355. The summed E-state index contributed by atoms with van der Waals surface area (Å²) in [6.07, 6.45) is 2.78. The van der Waals surface area contributed by atoms with Gasteiger partial charge in [0.2, 0.25) is 0 Å². The largest absolute Gasteiger partial charge is 0.458 e. The van der Waals surface area contributed by atoms with Crippen molar-refractivity contribution in [1.29, 1.82) is 0 Å². The van der Waals surface area contributed by atoms with Crippen molar-refractivity contribution in [3.05, 3.63) is 78.4 Å². The maximum Gasteiger partial charge on any atom is 0.458 e. The molecule has 1 aromatic heterocycles. The van der Waals surface area contributed by atoms with Crippen molar-refractivity contribution in [2.75, 3.05) is 6.54 Å². The molecule has 0 saturated heterocycles. The Kier molecular flexibility index (Phi) is 6.71. The molecule has 3 rings (SSSR count). The van der Waals surface area contributed by atoms with Gasteiger partial charge in [-0.1, -0.05) is 42.1 Å². The first-order valence-corrected chi connectivity index (χ1v) is 9.45. The van der Waals surface area contributed by atoms with Gasteiger partial charge < -0.3 is 15.3 Å². The highest BCUT2D eigenvalue weighted by Gasteiger charge is 2.60. The summed E-state index contributed by atoms with van der Waals surface area (Å²) in [5.74, 6) is -3.29. The summed E-state index contributed by atoms with van der Waals surface area (Å²) in [4.78, 5) is 8.25. The molecule has 7 nitrogen and oxygen atoms in total. The van der Waals surface area contributed by atoms with Crippen LogP contribution in [0.4, 0.5) is 13.2 Å². The first-order chi connectivity index (χ1) is 14.8. The van der Waals surface area contributed by atoms with Crippen LogP contribution in [0.5, 0.6) is 0 Å². The van der Waals surface area contributed by atoms with E-state index in [2.05, 4.69) is 32.0 Å². The minimum absolute atomic E-state index is 0.0400. The Labute approximate surface area is 177 Å². The zero-order valence-electron chi connectivity index (χ0n) is 16.8. The number of hydrogen-bond donors (Lipinski definition) is 2. The fraction of sp³-hybridized carbons (Fsp3) is 0.286. The predicted octanol–water partition coefficient (Wildman–Crippen LogP) is 3.42. The average molecular weight is 433 g/mol. The van der Waals surface area contributed by atoms with Gasteiger partial charge in [-0.25, -0.2) is 9.67 Å². The smallest absolute Gasteiger partial charge is 0.350 e. The summed E-state index contributed by atoms with van der Waals surface area (Å²) in [5.41, 5.74) is 3.12. The Balaban J connectivity index is 1.64. The van der Waals surface area contributed by atoms with Crippen molar-refractivity contribution < 1.29 is 23.1 Å². The van der Waals surface area contributed by atoms with Gasteiger partial charge in [-0.05, 0) is 35.8 Å².